The number of aromatic amines is 1. The molecule has 2 N–H and O–H groups in total. The van der Waals surface area contributed by atoms with E-state index in [1.165, 1.54) is 0 Å². The van der Waals surface area contributed by atoms with Crippen LogP contribution in [0.4, 0.5) is 0 Å². The predicted octanol–water partition coefficient (Wildman–Crippen LogP) is 3.66. The standard InChI is InChI=1S/C25H20N4O3/c1-32-18-7-5-15(6-8-18)23(30)16-3-2-4-17(13-16)24-26-11-10-21(29-24)22-14-19-20(28-22)9-12-27-25(19)31/h2-8,10-11,13-14,28H,9,12H2,1H3,(H,27,31). The van der Waals surface area contributed by atoms with Crippen molar-refractivity contribution in [3.63, 3.8) is 0 Å². The van der Waals surface area contributed by atoms with E-state index in [9.17, 15) is 9.59 Å². The number of rotatable bonds is 5. The van der Waals surface area contributed by atoms with Crippen molar-refractivity contribution in [1.29, 1.82) is 0 Å². The Morgan fingerprint density at radius 3 is 2.66 bits per heavy atom. The third-order valence-electron chi connectivity index (χ3n) is 5.47. The molecule has 3 heterocycles. The van der Waals surface area contributed by atoms with Gasteiger partial charge in [-0.3, -0.25) is 9.59 Å². The van der Waals surface area contributed by atoms with Crippen LogP contribution >= 0.6 is 0 Å². The summed E-state index contributed by atoms with van der Waals surface area (Å²) in [6.45, 7) is 0.621. The van der Waals surface area contributed by atoms with E-state index >= 15 is 0 Å². The van der Waals surface area contributed by atoms with Crippen molar-refractivity contribution in [2.45, 2.75) is 6.42 Å². The van der Waals surface area contributed by atoms with E-state index in [1.54, 1.807) is 55.8 Å². The van der Waals surface area contributed by atoms with Gasteiger partial charge in [0.15, 0.2) is 11.6 Å². The van der Waals surface area contributed by atoms with Crippen LogP contribution in [0.25, 0.3) is 22.8 Å². The number of ether oxygens (including phenoxy) is 1. The highest BCUT2D eigenvalue weighted by atomic mass is 16.5. The maximum absolute atomic E-state index is 12.9. The second kappa shape index (κ2) is 8.11. The van der Waals surface area contributed by atoms with Gasteiger partial charge >= 0.3 is 0 Å². The van der Waals surface area contributed by atoms with E-state index in [1.807, 2.05) is 18.2 Å². The number of nitrogens with one attached hydrogen (secondary N) is 2. The number of fused-ring (bicyclic) bond motifs is 1. The molecule has 0 radical (unpaired) electrons. The molecule has 5 rings (SSSR count). The zero-order valence-electron chi connectivity index (χ0n) is 17.4. The zero-order chi connectivity index (χ0) is 22.1. The Morgan fingerprint density at radius 2 is 1.88 bits per heavy atom. The van der Waals surface area contributed by atoms with Crippen LogP contribution in [0.15, 0.2) is 66.9 Å². The van der Waals surface area contributed by atoms with Crippen LogP contribution in [-0.4, -0.2) is 40.3 Å². The number of nitrogens with zero attached hydrogens (tertiary/aromatic N) is 2. The maximum atomic E-state index is 12.9. The molecule has 1 amide bonds. The van der Waals surface area contributed by atoms with Gasteiger partial charge in [0.25, 0.3) is 5.91 Å². The minimum atomic E-state index is -0.0892. The molecule has 2 aromatic carbocycles. The summed E-state index contributed by atoms with van der Waals surface area (Å²) in [5.41, 5.74) is 4.88. The van der Waals surface area contributed by atoms with Gasteiger partial charge in [-0.05, 0) is 42.5 Å². The monoisotopic (exact) mass is 424 g/mol. The number of H-pyrrole nitrogens is 1. The molecule has 0 fully saturated rings. The molecule has 0 saturated heterocycles. The number of methoxy groups -OCH3 is 1. The summed E-state index contributed by atoms with van der Waals surface area (Å²) in [6.07, 6.45) is 2.43. The lowest BCUT2D eigenvalue weighted by Crippen LogP contribution is -2.31. The number of amides is 1. The van der Waals surface area contributed by atoms with E-state index in [4.69, 9.17) is 4.74 Å². The SMILES string of the molecule is COc1ccc(C(=O)c2cccc(-c3nccc(-c4cc5c([nH]4)CCNC5=O)n3)c2)cc1. The molecule has 0 aliphatic carbocycles. The van der Waals surface area contributed by atoms with Crippen LogP contribution in [0.3, 0.4) is 0 Å². The highest BCUT2D eigenvalue weighted by Crippen LogP contribution is 2.25. The minimum Gasteiger partial charge on any atom is -0.497 e. The molecule has 32 heavy (non-hydrogen) atoms. The van der Waals surface area contributed by atoms with Crippen molar-refractivity contribution in [3.8, 4) is 28.5 Å². The fourth-order valence-corrected chi connectivity index (χ4v) is 3.79. The topological polar surface area (TPSA) is 97.0 Å². The van der Waals surface area contributed by atoms with Gasteiger partial charge in [-0.1, -0.05) is 18.2 Å². The average molecular weight is 424 g/mol. The summed E-state index contributed by atoms with van der Waals surface area (Å²) in [4.78, 5) is 37.4. The number of hydrogen-bond acceptors (Lipinski definition) is 5. The molecule has 158 valence electrons. The molecule has 7 heteroatoms. The Hall–Kier alpha value is -4.26. The molecular weight excluding hydrogens is 404 g/mol. The highest BCUT2D eigenvalue weighted by molar-refractivity contribution is 6.09. The van der Waals surface area contributed by atoms with Gasteiger partial charge in [-0.25, -0.2) is 9.97 Å². The Balaban J connectivity index is 1.46. The van der Waals surface area contributed by atoms with Crippen molar-refractivity contribution in [2.24, 2.45) is 0 Å². The van der Waals surface area contributed by atoms with Gasteiger partial charge in [-0.2, -0.15) is 0 Å². The third kappa shape index (κ3) is 3.65. The van der Waals surface area contributed by atoms with Crippen molar-refractivity contribution >= 4 is 11.7 Å². The normalized spacial score (nSPS) is 12.7. The Bertz CT molecular complexity index is 1330. The predicted molar refractivity (Wildman–Crippen MR) is 120 cm³/mol. The summed E-state index contributed by atoms with van der Waals surface area (Å²) in [7, 11) is 1.59. The molecule has 0 bridgehead atoms. The fourth-order valence-electron chi connectivity index (χ4n) is 3.79. The lowest BCUT2D eigenvalue weighted by molar-refractivity contribution is 0.0945. The molecule has 0 saturated carbocycles. The van der Waals surface area contributed by atoms with Crippen molar-refractivity contribution < 1.29 is 14.3 Å². The maximum Gasteiger partial charge on any atom is 0.253 e. The average Bonchev–Trinajstić information content (AvgIpc) is 3.30. The molecule has 7 nitrogen and oxygen atoms in total. The van der Waals surface area contributed by atoms with Gasteiger partial charge in [0, 0.05) is 41.5 Å². The van der Waals surface area contributed by atoms with Crippen LogP contribution < -0.4 is 10.1 Å². The summed E-state index contributed by atoms with van der Waals surface area (Å²) in [5.74, 6) is 1.04. The number of carbonyl (C=O) groups is 2. The van der Waals surface area contributed by atoms with Crippen molar-refractivity contribution in [1.82, 2.24) is 20.3 Å². The van der Waals surface area contributed by atoms with Crippen LogP contribution in [-0.2, 0) is 6.42 Å². The van der Waals surface area contributed by atoms with E-state index in [0.717, 1.165) is 23.4 Å². The summed E-state index contributed by atoms with van der Waals surface area (Å²) < 4.78 is 5.16. The largest absolute Gasteiger partial charge is 0.497 e. The Morgan fingerprint density at radius 1 is 1.03 bits per heavy atom. The van der Waals surface area contributed by atoms with Crippen molar-refractivity contribution in [3.05, 3.63) is 89.2 Å². The molecule has 2 aromatic heterocycles. The van der Waals surface area contributed by atoms with Gasteiger partial charge in [0.1, 0.15) is 5.75 Å². The lowest BCUT2D eigenvalue weighted by atomic mass is 10.0. The van der Waals surface area contributed by atoms with Crippen LogP contribution in [0.2, 0.25) is 0 Å². The quantitative estimate of drug-likeness (QED) is 0.477. The molecule has 0 atom stereocenters. The third-order valence-corrected chi connectivity index (χ3v) is 5.47. The second-order valence-corrected chi connectivity index (χ2v) is 7.49. The number of carbonyl (C=O) groups excluding carboxylic acids is 2. The van der Waals surface area contributed by atoms with E-state index in [2.05, 4.69) is 20.3 Å². The van der Waals surface area contributed by atoms with E-state index in [-0.39, 0.29) is 11.7 Å². The molecule has 4 aromatic rings. The molecule has 1 aliphatic rings. The molecule has 0 spiro atoms. The summed E-state index contributed by atoms with van der Waals surface area (Å²) in [5, 5.41) is 2.85. The number of ketones is 1. The number of benzene rings is 2. The summed E-state index contributed by atoms with van der Waals surface area (Å²) in [6, 6.07) is 17.9. The van der Waals surface area contributed by atoms with Gasteiger partial charge in [0.05, 0.1) is 24.1 Å². The van der Waals surface area contributed by atoms with Crippen molar-refractivity contribution in [2.75, 3.05) is 13.7 Å². The smallest absolute Gasteiger partial charge is 0.253 e. The first kappa shape index (κ1) is 19.7. The van der Waals surface area contributed by atoms with E-state index in [0.29, 0.717) is 40.5 Å². The number of hydrogen-bond donors (Lipinski definition) is 2. The van der Waals surface area contributed by atoms with Crippen LogP contribution in [0.5, 0.6) is 5.75 Å². The summed E-state index contributed by atoms with van der Waals surface area (Å²) >= 11 is 0. The minimum absolute atomic E-state index is 0.0761. The Kier molecular flexibility index (Phi) is 4.99. The Labute approximate surface area is 184 Å². The molecule has 0 unspecified atom stereocenters. The first-order chi connectivity index (χ1) is 15.6. The number of aromatic nitrogens is 3. The van der Waals surface area contributed by atoms with Crippen LogP contribution in [0, 0.1) is 0 Å². The van der Waals surface area contributed by atoms with Gasteiger partial charge in [0.2, 0.25) is 0 Å². The van der Waals surface area contributed by atoms with Gasteiger partial charge in [-0.15, -0.1) is 0 Å². The molecular formula is C25H20N4O3. The second-order valence-electron chi connectivity index (χ2n) is 7.49. The lowest BCUT2D eigenvalue weighted by Gasteiger charge is -2.10. The highest BCUT2D eigenvalue weighted by Gasteiger charge is 2.20. The first-order valence-corrected chi connectivity index (χ1v) is 10.2. The van der Waals surface area contributed by atoms with E-state index < -0.39 is 0 Å². The fraction of sp³-hybridized carbons (Fsp3) is 0.120. The van der Waals surface area contributed by atoms with Crippen LogP contribution in [0.1, 0.15) is 32.0 Å². The first-order valence-electron chi connectivity index (χ1n) is 10.2. The van der Waals surface area contributed by atoms with Gasteiger partial charge < -0.3 is 15.0 Å². The molecule has 1 aliphatic heterocycles. The zero-order valence-corrected chi connectivity index (χ0v) is 17.4.